The molecule has 29 heavy (non-hydrogen) atoms. The van der Waals surface area contributed by atoms with E-state index in [2.05, 4.69) is 56.9 Å². The van der Waals surface area contributed by atoms with Crippen LogP contribution in [0.15, 0.2) is 22.5 Å². The van der Waals surface area contributed by atoms with Gasteiger partial charge in [0.15, 0.2) is 5.96 Å². The van der Waals surface area contributed by atoms with Crippen LogP contribution in [0.5, 0.6) is 0 Å². The Labute approximate surface area is 198 Å². The third kappa shape index (κ3) is 7.36. The van der Waals surface area contributed by atoms with E-state index < -0.39 is 0 Å². The second-order valence-electron chi connectivity index (χ2n) is 8.83. The van der Waals surface area contributed by atoms with E-state index in [0.29, 0.717) is 5.92 Å². The van der Waals surface area contributed by atoms with Crippen LogP contribution in [0.3, 0.4) is 0 Å². The fraction of sp³-hybridized carbons (Fsp3) is 0.773. The molecule has 2 fully saturated rings. The summed E-state index contributed by atoms with van der Waals surface area (Å²) in [5.41, 5.74) is 0.287. The molecule has 1 unspecified atom stereocenters. The highest BCUT2D eigenvalue weighted by Crippen LogP contribution is 2.41. The monoisotopic (exact) mass is 533 g/mol. The fourth-order valence-electron chi connectivity index (χ4n) is 4.60. The Bertz CT molecular complexity index is 592. The van der Waals surface area contributed by atoms with Crippen molar-refractivity contribution in [3.05, 3.63) is 22.4 Å². The third-order valence-corrected chi connectivity index (χ3v) is 7.57. The Balaban J connectivity index is 0.00000300. The highest BCUT2D eigenvalue weighted by atomic mass is 127. The van der Waals surface area contributed by atoms with Crippen LogP contribution < -0.4 is 10.6 Å². The van der Waals surface area contributed by atoms with Gasteiger partial charge in [0.1, 0.15) is 0 Å². The van der Waals surface area contributed by atoms with Crippen molar-refractivity contribution in [3.63, 3.8) is 0 Å². The first kappa shape index (κ1) is 24.9. The second kappa shape index (κ2) is 12.5. The van der Waals surface area contributed by atoms with Gasteiger partial charge >= 0.3 is 0 Å². The molecular weight excluding hydrogens is 493 g/mol. The van der Waals surface area contributed by atoms with E-state index >= 15 is 0 Å². The number of halogens is 1. The van der Waals surface area contributed by atoms with Gasteiger partial charge in [0.2, 0.25) is 0 Å². The van der Waals surface area contributed by atoms with Crippen LogP contribution in [0.25, 0.3) is 0 Å². The first-order valence-electron chi connectivity index (χ1n) is 11.0. The minimum atomic E-state index is 0. The Kier molecular flexibility index (Phi) is 10.7. The van der Waals surface area contributed by atoms with Gasteiger partial charge in [-0.25, -0.2) is 0 Å². The van der Waals surface area contributed by atoms with E-state index in [1.165, 1.54) is 58.3 Å². The molecule has 1 aliphatic heterocycles. The van der Waals surface area contributed by atoms with Gasteiger partial charge in [-0.1, -0.05) is 32.3 Å². The Morgan fingerprint density at radius 2 is 1.90 bits per heavy atom. The summed E-state index contributed by atoms with van der Waals surface area (Å²) in [6, 6.07) is 4.52. The molecule has 2 N–H and O–H groups in total. The van der Waals surface area contributed by atoms with Crippen molar-refractivity contribution in [1.82, 2.24) is 20.4 Å². The molecule has 0 bridgehead atoms. The molecule has 3 rings (SSSR count). The van der Waals surface area contributed by atoms with Crippen LogP contribution >= 0.6 is 35.3 Å². The molecule has 1 aromatic heterocycles. The average Bonchev–Trinajstić information content (AvgIpc) is 3.26. The molecule has 166 valence electrons. The Morgan fingerprint density at radius 3 is 2.52 bits per heavy atom. The lowest BCUT2D eigenvalue weighted by molar-refractivity contribution is 0.139. The minimum absolute atomic E-state index is 0. The van der Waals surface area contributed by atoms with Crippen LogP contribution in [0.4, 0.5) is 0 Å². The predicted molar refractivity (Wildman–Crippen MR) is 137 cm³/mol. The maximum atomic E-state index is 4.49. The van der Waals surface area contributed by atoms with Crippen molar-refractivity contribution in [2.75, 3.05) is 59.9 Å². The highest BCUT2D eigenvalue weighted by Gasteiger charge is 2.34. The quantitative estimate of drug-likeness (QED) is 0.319. The van der Waals surface area contributed by atoms with E-state index in [1.807, 2.05) is 18.4 Å². The molecule has 0 radical (unpaired) electrons. The van der Waals surface area contributed by atoms with Crippen LogP contribution in [-0.4, -0.2) is 75.7 Å². The SMILES string of the molecule is CN=C(NCC(C)CN1CCN(C)CC1)NCC1(c2cccs2)CCCCC1.I. The van der Waals surface area contributed by atoms with E-state index in [9.17, 15) is 0 Å². The summed E-state index contributed by atoms with van der Waals surface area (Å²) in [4.78, 5) is 11.0. The first-order chi connectivity index (χ1) is 13.6. The fourth-order valence-corrected chi connectivity index (χ4v) is 5.59. The lowest BCUT2D eigenvalue weighted by Gasteiger charge is -2.37. The maximum absolute atomic E-state index is 4.49. The Hall–Kier alpha value is -0.380. The predicted octanol–water partition coefficient (Wildman–Crippen LogP) is 3.62. The zero-order valence-electron chi connectivity index (χ0n) is 18.5. The molecule has 1 saturated carbocycles. The first-order valence-corrected chi connectivity index (χ1v) is 11.9. The minimum Gasteiger partial charge on any atom is -0.356 e. The topological polar surface area (TPSA) is 42.9 Å². The molecule has 1 aliphatic carbocycles. The van der Waals surface area contributed by atoms with E-state index in [1.54, 1.807) is 4.88 Å². The van der Waals surface area contributed by atoms with E-state index in [-0.39, 0.29) is 29.4 Å². The molecule has 5 nitrogen and oxygen atoms in total. The van der Waals surface area contributed by atoms with Gasteiger partial charge in [-0.3, -0.25) is 4.99 Å². The van der Waals surface area contributed by atoms with Crippen molar-refractivity contribution in [2.45, 2.75) is 44.4 Å². The summed E-state index contributed by atoms with van der Waals surface area (Å²) >= 11 is 1.92. The molecule has 7 heteroatoms. The van der Waals surface area contributed by atoms with Crippen molar-refractivity contribution in [2.24, 2.45) is 10.9 Å². The molecular formula is C22H40IN5S. The second-order valence-corrected chi connectivity index (χ2v) is 9.78. The lowest BCUT2D eigenvalue weighted by Crippen LogP contribution is -2.49. The lowest BCUT2D eigenvalue weighted by atomic mass is 9.73. The van der Waals surface area contributed by atoms with Gasteiger partial charge in [-0.05, 0) is 37.3 Å². The van der Waals surface area contributed by atoms with Crippen molar-refractivity contribution in [3.8, 4) is 0 Å². The number of hydrogen-bond donors (Lipinski definition) is 2. The zero-order valence-corrected chi connectivity index (χ0v) is 21.6. The van der Waals surface area contributed by atoms with Gasteiger partial charge < -0.3 is 20.4 Å². The smallest absolute Gasteiger partial charge is 0.191 e. The van der Waals surface area contributed by atoms with Crippen LogP contribution in [-0.2, 0) is 5.41 Å². The third-order valence-electron chi connectivity index (χ3n) is 6.46. The van der Waals surface area contributed by atoms with Gasteiger partial charge in [0.25, 0.3) is 0 Å². The van der Waals surface area contributed by atoms with Crippen molar-refractivity contribution < 1.29 is 0 Å². The highest BCUT2D eigenvalue weighted by molar-refractivity contribution is 14.0. The van der Waals surface area contributed by atoms with Gasteiger partial charge in [-0.15, -0.1) is 35.3 Å². The number of hydrogen-bond acceptors (Lipinski definition) is 4. The molecule has 1 atom stereocenters. The van der Waals surface area contributed by atoms with E-state index in [0.717, 1.165) is 25.6 Å². The number of rotatable bonds is 7. The molecule has 2 aliphatic rings. The number of guanidine groups is 1. The van der Waals surface area contributed by atoms with Gasteiger partial charge in [0, 0.05) is 63.2 Å². The standard InChI is InChI=1S/C22H39N5S.HI/c1-19(17-27-13-11-26(3)12-14-27)16-24-21(23-2)25-18-22(9-5-4-6-10-22)20-8-7-15-28-20;/h7-8,15,19H,4-6,9-14,16-18H2,1-3H3,(H2,23,24,25);1H. The summed E-state index contributed by atoms with van der Waals surface area (Å²) in [6.45, 7) is 10.2. The largest absolute Gasteiger partial charge is 0.356 e. The van der Waals surface area contributed by atoms with Crippen LogP contribution in [0, 0.1) is 5.92 Å². The summed E-state index contributed by atoms with van der Waals surface area (Å²) in [5, 5.41) is 9.45. The maximum Gasteiger partial charge on any atom is 0.191 e. The van der Waals surface area contributed by atoms with Crippen molar-refractivity contribution >= 4 is 41.3 Å². The molecule has 1 aromatic rings. The van der Waals surface area contributed by atoms with Crippen molar-refractivity contribution in [1.29, 1.82) is 0 Å². The van der Waals surface area contributed by atoms with Crippen LogP contribution in [0.2, 0.25) is 0 Å². The zero-order chi connectivity index (χ0) is 19.8. The van der Waals surface area contributed by atoms with Crippen LogP contribution in [0.1, 0.15) is 43.9 Å². The summed E-state index contributed by atoms with van der Waals surface area (Å²) in [7, 11) is 4.10. The number of thiophene rings is 1. The Morgan fingerprint density at radius 1 is 1.17 bits per heavy atom. The summed E-state index contributed by atoms with van der Waals surface area (Å²) < 4.78 is 0. The van der Waals surface area contributed by atoms with E-state index in [4.69, 9.17) is 0 Å². The average molecular weight is 534 g/mol. The molecule has 0 aromatic carbocycles. The molecule has 1 saturated heterocycles. The summed E-state index contributed by atoms with van der Waals surface area (Å²) in [6.07, 6.45) is 6.64. The number of piperazine rings is 1. The number of likely N-dealkylation sites (N-methyl/N-ethyl adjacent to an activating group) is 1. The molecule has 0 amide bonds. The molecule has 0 spiro atoms. The molecule has 2 heterocycles. The van der Waals surface area contributed by atoms with Gasteiger partial charge in [0.05, 0.1) is 0 Å². The summed E-state index contributed by atoms with van der Waals surface area (Å²) in [5.74, 6) is 1.56. The number of nitrogens with zero attached hydrogens (tertiary/aromatic N) is 3. The normalized spacial score (nSPS) is 22.0. The number of nitrogens with one attached hydrogen (secondary N) is 2. The number of aliphatic imine (C=N–C) groups is 1. The van der Waals surface area contributed by atoms with Gasteiger partial charge in [-0.2, -0.15) is 0 Å².